The monoisotopic (exact) mass is 280 g/mol. The lowest BCUT2D eigenvalue weighted by atomic mass is 10.1. The Kier molecular flexibility index (Phi) is 5.51. The molecule has 2 unspecified atom stereocenters. The summed E-state index contributed by atoms with van der Waals surface area (Å²) in [5, 5.41) is 17.9. The molecule has 18 heavy (non-hydrogen) atoms. The van der Waals surface area contributed by atoms with Gasteiger partial charge in [0.25, 0.3) is 10.2 Å². The van der Waals surface area contributed by atoms with Gasteiger partial charge in [0.15, 0.2) is 0 Å². The Morgan fingerprint density at radius 1 is 1.50 bits per heavy atom. The number of carbonyl (C=O) groups is 1. The van der Waals surface area contributed by atoms with Gasteiger partial charge in [0.05, 0.1) is 0 Å². The average molecular weight is 280 g/mol. The minimum Gasteiger partial charge on any atom is -0.480 e. The molecule has 7 nitrogen and oxygen atoms in total. The molecule has 1 fully saturated rings. The highest BCUT2D eigenvalue weighted by Gasteiger charge is 2.36. The van der Waals surface area contributed by atoms with Gasteiger partial charge in [0, 0.05) is 19.7 Å². The summed E-state index contributed by atoms with van der Waals surface area (Å²) in [6.07, 6.45) is 1.72. The molecule has 0 radical (unpaired) electrons. The zero-order chi connectivity index (χ0) is 13.8. The summed E-state index contributed by atoms with van der Waals surface area (Å²) in [4.78, 5) is 11.0. The van der Waals surface area contributed by atoms with Crippen LogP contribution in [0.25, 0.3) is 0 Å². The van der Waals surface area contributed by atoms with E-state index in [9.17, 15) is 13.2 Å². The molecule has 0 spiro atoms. The first kappa shape index (κ1) is 15.4. The second kappa shape index (κ2) is 6.46. The van der Waals surface area contributed by atoms with Gasteiger partial charge < -0.3 is 10.2 Å². The number of nitrogens with one attached hydrogen (secondary N) is 1. The number of hydrogen-bond acceptors (Lipinski definition) is 4. The number of aliphatic hydroxyl groups excluding tert-OH is 1. The lowest BCUT2D eigenvalue weighted by molar-refractivity contribution is -0.142. The van der Waals surface area contributed by atoms with Crippen molar-refractivity contribution in [3.63, 3.8) is 0 Å². The van der Waals surface area contributed by atoms with Crippen molar-refractivity contribution in [1.29, 1.82) is 0 Å². The van der Waals surface area contributed by atoms with E-state index in [1.807, 2.05) is 0 Å². The van der Waals surface area contributed by atoms with Gasteiger partial charge in [-0.3, -0.25) is 4.79 Å². The third-order valence-corrected chi connectivity index (χ3v) is 4.56. The molecular weight excluding hydrogens is 260 g/mol. The quantitative estimate of drug-likeness (QED) is 0.601. The van der Waals surface area contributed by atoms with Crippen LogP contribution < -0.4 is 4.72 Å². The summed E-state index contributed by atoms with van der Waals surface area (Å²) in [6, 6.07) is -0.985. The third-order valence-electron chi connectivity index (χ3n) is 2.97. The van der Waals surface area contributed by atoms with Gasteiger partial charge in [-0.1, -0.05) is 6.92 Å². The zero-order valence-electron chi connectivity index (χ0n) is 10.4. The lowest BCUT2D eigenvalue weighted by Crippen LogP contribution is -2.52. The Balaban J connectivity index is 2.72. The van der Waals surface area contributed by atoms with Crippen molar-refractivity contribution < 1.29 is 23.4 Å². The first-order valence-corrected chi connectivity index (χ1v) is 7.42. The smallest absolute Gasteiger partial charge is 0.322 e. The highest BCUT2D eigenvalue weighted by molar-refractivity contribution is 7.87. The molecule has 1 aliphatic rings. The van der Waals surface area contributed by atoms with Crippen molar-refractivity contribution in [1.82, 2.24) is 9.03 Å². The number of rotatable bonds is 6. The molecule has 0 aromatic rings. The Morgan fingerprint density at radius 2 is 2.17 bits per heavy atom. The van der Waals surface area contributed by atoms with E-state index >= 15 is 0 Å². The highest BCUT2D eigenvalue weighted by Crippen LogP contribution is 2.19. The molecule has 1 saturated heterocycles. The Hall–Kier alpha value is -0.700. The van der Waals surface area contributed by atoms with E-state index in [2.05, 4.69) is 4.72 Å². The fraction of sp³-hybridized carbons (Fsp3) is 0.900. The molecule has 0 aromatic carbocycles. The number of hydrogen-bond donors (Lipinski definition) is 3. The van der Waals surface area contributed by atoms with Crippen LogP contribution in [-0.4, -0.2) is 54.6 Å². The van der Waals surface area contributed by atoms with Crippen LogP contribution in [0, 0.1) is 5.92 Å². The maximum Gasteiger partial charge on any atom is 0.322 e. The van der Waals surface area contributed by atoms with E-state index in [0.29, 0.717) is 12.8 Å². The summed E-state index contributed by atoms with van der Waals surface area (Å²) in [7, 11) is -3.79. The Morgan fingerprint density at radius 3 is 2.72 bits per heavy atom. The Labute approximate surface area is 107 Å². The summed E-state index contributed by atoms with van der Waals surface area (Å²) in [5.74, 6) is -1.32. The molecule has 0 aliphatic carbocycles. The molecular formula is C10H20N2O5S. The maximum atomic E-state index is 12.0. The van der Waals surface area contributed by atoms with Crippen molar-refractivity contribution in [3.8, 4) is 0 Å². The number of aliphatic hydroxyl groups is 1. The molecule has 0 aromatic heterocycles. The number of carboxylic acid groups (broad SMARTS) is 1. The third kappa shape index (κ3) is 3.91. The first-order valence-electron chi connectivity index (χ1n) is 5.98. The zero-order valence-corrected chi connectivity index (χ0v) is 11.2. The molecule has 3 N–H and O–H groups in total. The van der Waals surface area contributed by atoms with Crippen LogP contribution >= 0.6 is 0 Å². The van der Waals surface area contributed by atoms with Gasteiger partial charge in [0.2, 0.25) is 0 Å². The number of aliphatic carboxylic acids is 1. The van der Waals surface area contributed by atoms with E-state index in [1.165, 1.54) is 0 Å². The van der Waals surface area contributed by atoms with Crippen LogP contribution in [0.15, 0.2) is 0 Å². The van der Waals surface area contributed by atoms with Gasteiger partial charge in [0.1, 0.15) is 6.04 Å². The average Bonchev–Trinajstić information content (AvgIpc) is 2.36. The molecule has 0 bridgehead atoms. The van der Waals surface area contributed by atoms with Crippen molar-refractivity contribution in [2.75, 3.05) is 19.7 Å². The molecule has 106 valence electrons. The minimum absolute atomic E-state index is 0.0989. The van der Waals surface area contributed by atoms with Crippen molar-refractivity contribution in [2.24, 2.45) is 5.92 Å². The molecule has 1 rings (SSSR count). The van der Waals surface area contributed by atoms with Crippen LogP contribution in [0.2, 0.25) is 0 Å². The Bertz CT molecular complexity index is 384. The molecule has 0 amide bonds. The van der Waals surface area contributed by atoms with Crippen molar-refractivity contribution in [3.05, 3.63) is 0 Å². The highest BCUT2D eigenvalue weighted by atomic mass is 32.2. The van der Waals surface area contributed by atoms with E-state index in [0.717, 1.165) is 10.7 Å². The molecule has 1 heterocycles. The molecule has 1 aliphatic heterocycles. The van der Waals surface area contributed by atoms with E-state index in [1.54, 1.807) is 6.92 Å². The predicted molar refractivity (Wildman–Crippen MR) is 65.2 cm³/mol. The van der Waals surface area contributed by atoms with Gasteiger partial charge in [-0.15, -0.1) is 0 Å². The summed E-state index contributed by atoms with van der Waals surface area (Å²) in [6.45, 7) is 1.90. The molecule has 8 heteroatoms. The minimum atomic E-state index is -3.79. The van der Waals surface area contributed by atoms with Crippen molar-refractivity contribution in [2.45, 2.75) is 32.2 Å². The van der Waals surface area contributed by atoms with E-state index < -0.39 is 22.2 Å². The second-order valence-electron chi connectivity index (χ2n) is 4.60. The summed E-state index contributed by atoms with van der Waals surface area (Å²) >= 11 is 0. The van der Waals surface area contributed by atoms with Gasteiger partial charge in [-0.25, -0.2) is 4.72 Å². The largest absolute Gasteiger partial charge is 0.480 e. The van der Waals surface area contributed by atoms with Crippen LogP contribution in [0.1, 0.15) is 26.2 Å². The maximum absolute atomic E-state index is 12.0. The van der Waals surface area contributed by atoms with E-state index in [-0.39, 0.29) is 25.6 Å². The SMILES string of the molecule is CC(CO)CNS(=O)(=O)N1CCCCC1C(=O)O. The topological polar surface area (TPSA) is 107 Å². The fourth-order valence-electron chi connectivity index (χ4n) is 1.83. The van der Waals surface area contributed by atoms with Crippen LogP contribution in [0.5, 0.6) is 0 Å². The van der Waals surface area contributed by atoms with Crippen LogP contribution in [0.3, 0.4) is 0 Å². The van der Waals surface area contributed by atoms with Crippen LogP contribution in [0.4, 0.5) is 0 Å². The van der Waals surface area contributed by atoms with Gasteiger partial charge >= 0.3 is 5.97 Å². The van der Waals surface area contributed by atoms with Gasteiger partial charge in [-0.05, 0) is 25.2 Å². The first-order chi connectivity index (χ1) is 8.38. The second-order valence-corrected chi connectivity index (χ2v) is 6.31. The standard InChI is InChI=1S/C10H20N2O5S/c1-8(7-13)6-11-18(16,17)12-5-3-2-4-9(12)10(14)15/h8-9,11,13H,2-7H2,1H3,(H,14,15). The predicted octanol–water partition coefficient (Wildman–Crippen LogP) is -0.612. The summed E-state index contributed by atoms with van der Waals surface area (Å²) < 4.78 is 27.3. The number of nitrogens with zero attached hydrogens (tertiary/aromatic N) is 1. The number of carboxylic acids is 1. The lowest BCUT2D eigenvalue weighted by Gasteiger charge is -2.32. The molecule has 2 atom stereocenters. The van der Waals surface area contributed by atoms with E-state index in [4.69, 9.17) is 10.2 Å². The molecule has 0 saturated carbocycles. The van der Waals surface area contributed by atoms with Gasteiger partial charge in [-0.2, -0.15) is 12.7 Å². The number of piperidine rings is 1. The van der Waals surface area contributed by atoms with Crippen molar-refractivity contribution >= 4 is 16.2 Å². The normalized spacial score (nSPS) is 23.8. The fourth-order valence-corrected chi connectivity index (χ4v) is 3.40. The summed E-state index contributed by atoms with van der Waals surface area (Å²) in [5.41, 5.74) is 0. The van der Waals surface area contributed by atoms with Crippen LogP contribution in [-0.2, 0) is 15.0 Å².